The number of nitriles is 1. The highest BCUT2D eigenvalue weighted by atomic mass is 32.2. The van der Waals surface area contributed by atoms with E-state index in [1.54, 1.807) is 0 Å². The summed E-state index contributed by atoms with van der Waals surface area (Å²) < 4.78 is 0. The van der Waals surface area contributed by atoms with E-state index in [4.69, 9.17) is 5.26 Å². The normalized spacial score (nSPS) is 10.2. The Morgan fingerprint density at radius 3 is 2.41 bits per heavy atom. The quantitative estimate of drug-likeness (QED) is 0.369. The molecule has 5 nitrogen and oxygen atoms in total. The summed E-state index contributed by atoms with van der Waals surface area (Å²) in [4.78, 5) is 23.1. The van der Waals surface area contributed by atoms with Crippen molar-refractivity contribution in [2.24, 2.45) is 0 Å². The van der Waals surface area contributed by atoms with Crippen LogP contribution in [0, 0.1) is 18.3 Å². The second kappa shape index (κ2) is 8.97. The largest absolute Gasteiger partial charge is 0.298 e. The smallest absolute Gasteiger partial charge is 0.238 e. The van der Waals surface area contributed by atoms with Crippen molar-refractivity contribution in [3.8, 4) is 17.3 Å². The molecule has 0 radical (unpaired) electrons. The predicted molar refractivity (Wildman–Crippen MR) is 107 cm³/mol. The minimum Gasteiger partial charge on any atom is -0.298 e. The zero-order valence-corrected chi connectivity index (χ0v) is 15.7. The second-order valence-corrected chi connectivity index (χ2v) is 6.75. The van der Waals surface area contributed by atoms with Gasteiger partial charge < -0.3 is 0 Å². The van der Waals surface area contributed by atoms with E-state index < -0.39 is 0 Å². The van der Waals surface area contributed by atoms with Crippen molar-refractivity contribution in [3.63, 3.8) is 0 Å². The molecule has 0 atom stereocenters. The fraction of sp³-hybridized carbons (Fsp3) is 0.143. The number of carbonyl (C=O) groups is 1. The standard InChI is InChI=1S/C21H18N4OS/c1-16-14-19(17-8-4-2-5-9-17)24-21(23-16)27-15-20(26)25(13-12-22)18-10-6-3-7-11-18/h2-11,14H,13,15H2,1H3. The van der Waals surface area contributed by atoms with Crippen LogP contribution in [0.2, 0.25) is 0 Å². The van der Waals surface area contributed by atoms with Gasteiger partial charge in [0, 0.05) is 16.9 Å². The number of para-hydroxylation sites is 1. The third-order valence-corrected chi connectivity index (χ3v) is 4.66. The first-order valence-corrected chi connectivity index (χ1v) is 9.42. The lowest BCUT2D eigenvalue weighted by Crippen LogP contribution is -2.32. The molecule has 134 valence electrons. The number of hydrogen-bond donors (Lipinski definition) is 0. The minimum absolute atomic E-state index is 0.00729. The first-order chi connectivity index (χ1) is 13.2. The number of anilines is 1. The number of amides is 1. The van der Waals surface area contributed by atoms with Crippen molar-refractivity contribution in [2.75, 3.05) is 17.2 Å². The summed E-state index contributed by atoms with van der Waals surface area (Å²) >= 11 is 1.28. The number of aryl methyl sites for hydroxylation is 1. The molecular formula is C21H18N4OS. The van der Waals surface area contributed by atoms with E-state index >= 15 is 0 Å². The summed E-state index contributed by atoms with van der Waals surface area (Å²) in [5.74, 6) is 0.00737. The molecule has 0 aliphatic rings. The van der Waals surface area contributed by atoms with Gasteiger partial charge in [-0.15, -0.1) is 0 Å². The molecule has 0 aliphatic heterocycles. The molecule has 2 aromatic carbocycles. The maximum atomic E-state index is 12.6. The Kier molecular flexibility index (Phi) is 6.18. The van der Waals surface area contributed by atoms with Gasteiger partial charge in [0.05, 0.1) is 17.5 Å². The highest BCUT2D eigenvalue weighted by Crippen LogP contribution is 2.22. The summed E-state index contributed by atoms with van der Waals surface area (Å²) in [5, 5.41) is 9.60. The molecule has 0 saturated heterocycles. The van der Waals surface area contributed by atoms with Crippen molar-refractivity contribution in [3.05, 3.63) is 72.4 Å². The lowest BCUT2D eigenvalue weighted by molar-refractivity contribution is -0.116. The molecule has 0 aliphatic carbocycles. The Bertz CT molecular complexity index is 955. The van der Waals surface area contributed by atoms with Crippen LogP contribution in [0.15, 0.2) is 71.9 Å². The molecule has 0 N–H and O–H groups in total. The van der Waals surface area contributed by atoms with E-state index in [1.807, 2.05) is 79.7 Å². The predicted octanol–water partition coefficient (Wildman–Crippen LogP) is 4.10. The van der Waals surface area contributed by atoms with E-state index in [9.17, 15) is 4.79 Å². The Balaban J connectivity index is 1.75. The minimum atomic E-state index is -0.154. The average Bonchev–Trinajstić information content (AvgIpc) is 2.71. The van der Waals surface area contributed by atoms with Crippen molar-refractivity contribution in [1.29, 1.82) is 5.26 Å². The van der Waals surface area contributed by atoms with Gasteiger partial charge in [-0.2, -0.15) is 5.26 Å². The lowest BCUT2D eigenvalue weighted by atomic mass is 10.1. The van der Waals surface area contributed by atoms with Gasteiger partial charge in [0.25, 0.3) is 0 Å². The number of nitrogens with zero attached hydrogens (tertiary/aromatic N) is 4. The van der Waals surface area contributed by atoms with Gasteiger partial charge in [-0.05, 0) is 25.1 Å². The average molecular weight is 374 g/mol. The summed E-state index contributed by atoms with van der Waals surface area (Å²) in [6.45, 7) is 1.92. The Hall–Kier alpha value is -3.17. The van der Waals surface area contributed by atoms with Gasteiger partial charge in [-0.1, -0.05) is 60.3 Å². The highest BCUT2D eigenvalue weighted by Gasteiger charge is 2.16. The van der Waals surface area contributed by atoms with Crippen LogP contribution in [0.1, 0.15) is 5.69 Å². The molecule has 0 saturated carbocycles. The molecule has 0 spiro atoms. The SMILES string of the molecule is Cc1cc(-c2ccccc2)nc(SCC(=O)N(CC#N)c2ccccc2)n1. The Morgan fingerprint density at radius 1 is 1.07 bits per heavy atom. The number of carbonyl (C=O) groups excluding carboxylic acids is 1. The molecule has 1 aromatic heterocycles. The molecule has 0 bridgehead atoms. The molecule has 27 heavy (non-hydrogen) atoms. The molecule has 0 fully saturated rings. The fourth-order valence-corrected chi connectivity index (χ4v) is 3.35. The third kappa shape index (κ3) is 4.93. The topological polar surface area (TPSA) is 69.9 Å². The maximum absolute atomic E-state index is 12.6. The van der Waals surface area contributed by atoms with Gasteiger partial charge in [0.2, 0.25) is 5.91 Å². The lowest BCUT2D eigenvalue weighted by Gasteiger charge is -2.19. The van der Waals surface area contributed by atoms with Crippen LogP contribution >= 0.6 is 11.8 Å². The molecule has 3 rings (SSSR count). The Morgan fingerprint density at radius 2 is 1.74 bits per heavy atom. The molecular weight excluding hydrogens is 356 g/mol. The monoisotopic (exact) mass is 374 g/mol. The van der Waals surface area contributed by atoms with Gasteiger partial charge in [0.15, 0.2) is 5.16 Å². The van der Waals surface area contributed by atoms with E-state index in [0.717, 1.165) is 17.0 Å². The molecule has 6 heteroatoms. The highest BCUT2D eigenvalue weighted by molar-refractivity contribution is 7.99. The Labute approximate surface area is 162 Å². The van der Waals surface area contributed by atoms with Crippen LogP contribution in [0.4, 0.5) is 5.69 Å². The fourth-order valence-electron chi connectivity index (χ4n) is 2.57. The van der Waals surface area contributed by atoms with Crippen molar-refractivity contribution >= 4 is 23.4 Å². The van der Waals surface area contributed by atoms with Crippen LogP contribution < -0.4 is 4.90 Å². The molecule has 3 aromatic rings. The van der Waals surface area contributed by atoms with E-state index in [0.29, 0.717) is 10.8 Å². The first kappa shape index (κ1) is 18.6. The van der Waals surface area contributed by atoms with Crippen LogP contribution in [-0.2, 0) is 4.79 Å². The van der Waals surface area contributed by atoms with Crippen LogP contribution in [0.3, 0.4) is 0 Å². The number of rotatable bonds is 6. The zero-order chi connectivity index (χ0) is 19.1. The molecule has 0 unspecified atom stereocenters. The third-order valence-electron chi connectivity index (χ3n) is 3.83. The summed E-state index contributed by atoms with van der Waals surface area (Å²) in [6, 6.07) is 23.0. The number of thioether (sulfide) groups is 1. The van der Waals surface area contributed by atoms with Gasteiger partial charge in [0.1, 0.15) is 6.54 Å². The molecule has 1 amide bonds. The number of hydrogen-bond acceptors (Lipinski definition) is 5. The first-order valence-electron chi connectivity index (χ1n) is 8.43. The second-order valence-electron chi connectivity index (χ2n) is 5.81. The van der Waals surface area contributed by atoms with Crippen molar-refractivity contribution < 1.29 is 4.79 Å². The zero-order valence-electron chi connectivity index (χ0n) is 14.9. The van der Waals surface area contributed by atoms with E-state index in [1.165, 1.54) is 16.7 Å². The van der Waals surface area contributed by atoms with E-state index in [2.05, 4.69) is 9.97 Å². The van der Waals surface area contributed by atoms with Gasteiger partial charge in [-0.3, -0.25) is 9.69 Å². The van der Waals surface area contributed by atoms with Gasteiger partial charge >= 0.3 is 0 Å². The van der Waals surface area contributed by atoms with E-state index in [-0.39, 0.29) is 18.2 Å². The molecule has 1 heterocycles. The van der Waals surface area contributed by atoms with Gasteiger partial charge in [-0.25, -0.2) is 9.97 Å². The summed E-state index contributed by atoms with van der Waals surface area (Å²) in [7, 11) is 0. The number of benzene rings is 2. The van der Waals surface area contributed by atoms with Crippen LogP contribution in [0.5, 0.6) is 0 Å². The summed E-state index contributed by atoms with van der Waals surface area (Å²) in [6.07, 6.45) is 0. The van der Waals surface area contributed by atoms with Crippen LogP contribution in [0.25, 0.3) is 11.3 Å². The maximum Gasteiger partial charge on any atom is 0.238 e. The number of aromatic nitrogens is 2. The van der Waals surface area contributed by atoms with Crippen molar-refractivity contribution in [1.82, 2.24) is 9.97 Å². The summed E-state index contributed by atoms with van der Waals surface area (Å²) in [5.41, 5.74) is 3.39. The van der Waals surface area contributed by atoms with Crippen LogP contribution in [-0.4, -0.2) is 28.2 Å². The van der Waals surface area contributed by atoms with Crippen molar-refractivity contribution in [2.45, 2.75) is 12.1 Å².